The van der Waals surface area contributed by atoms with Crippen LogP contribution in [0.3, 0.4) is 0 Å². The summed E-state index contributed by atoms with van der Waals surface area (Å²) in [6.45, 7) is 5.20. The Kier molecular flexibility index (Phi) is 5.78. The van der Waals surface area contributed by atoms with E-state index in [0.29, 0.717) is 25.6 Å². The lowest BCUT2D eigenvalue weighted by molar-refractivity contribution is -0.130. The molecule has 0 unspecified atom stereocenters. The van der Waals surface area contributed by atoms with Crippen molar-refractivity contribution in [3.8, 4) is 0 Å². The summed E-state index contributed by atoms with van der Waals surface area (Å²) in [4.78, 5) is 13.4. The van der Waals surface area contributed by atoms with Crippen LogP contribution in [0.4, 0.5) is 4.39 Å². The molecule has 0 aliphatic heterocycles. The van der Waals surface area contributed by atoms with Crippen molar-refractivity contribution in [1.82, 2.24) is 10.2 Å². The Balaban J connectivity index is 2.40. The van der Waals surface area contributed by atoms with Crippen molar-refractivity contribution in [2.75, 3.05) is 13.6 Å². The molecule has 1 N–H and O–H groups in total. The van der Waals surface area contributed by atoms with Crippen LogP contribution >= 0.6 is 0 Å². The smallest absolute Gasteiger partial charge is 0.223 e. The molecule has 0 bridgehead atoms. The zero-order chi connectivity index (χ0) is 13.5. The molecule has 1 amide bonds. The van der Waals surface area contributed by atoms with Crippen LogP contribution in [0, 0.1) is 5.82 Å². The average Bonchev–Trinajstić information content (AvgIpc) is 2.28. The third-order valence-electron chi connectivity index (χ3n) is 2.63. The van der Waals surface area contributed by atoms with Gasteiger partial charge in [0.05, 0.1) is 0 Å². The predicted molar refractivity (Wildman–Crippen MR) is 70.6 cm³/mol. The van der Waals surface area contributed by atoms with Crippen molar-refractivity contribution >= 4 is 5.91 Å². The largest absolute Gasteiger partial charge is 0.341 e. The van der Waals surface area contributed by atoms with Gasteiger partial charge in [-0.2, -0.15) is 0 Å². The first-order valence-electron chi connectivity index (χ1n) is 6.21. The van der Waals surface area contributed by atoms with Crippen LogP contribution in [-0.4, -0.2) is 30.4 Å². The van der Waals surface area contributed by atoms with Crippen molar-refractivity contribution in [2.45, 2.75) is 32.9 Å². The van der Waals surface area contributed by atoms with Crippen LogP contribution in [0.1, 0.15) is 25.8 Å². The fourth-order valence-corrected chi connectivity index (χ4v) is 1.66. The second kappa shape index (κ2) is 7.11. The average molecular weight is 252 g/mol. The molecular formula is C14H21FN2O. The van der Waals surface area contributed by atoms with Crippen molar-refractivity contribution < 1.29 is 9.18 Å². The fraction of sp³-hybridized carbons (Fsp3) is 0.500. The maximum Gasteiger partial charge on any atom is 0.223 e. The molecule has 0 saturated carbocycles. The molecule has 1 rings (SSSR count). The van der Waals surface area contributed by atoms with E-state index in [2.05, 4.69) is 5.32 Å². The first-order valence-corrected chi connectivity index (χ1v) is 6.21. The number of benzene rings is 1. The maximum atomic E-state index is 13.0. The standard InChI is InChI=1S/C14H21FN2O/c1-11(2)16-8-7-14(18)17(3)10-12-5-4-6-13(15)9-12/h4-6,9,11,16H,7-8,10H2,1-3H3. The molecule has 1 aromatic carbocycles. The number of hydrogen-bond donors (Lipinski definition) is 1. The number of rotatable bonds is 6. The van der Waals surface area contributed by atoms with Gasteiger partial charge in [0.25, 0.3) is 0 Å². The molecular weight excluding hydrogens is 231 g/mol. The van der Waals surface area contributed by atoms with Crippen molar-refractivity contribution in [1.29, 1.82) is 0 Å². The van der Waals surface area contributed by atoms with E-state index < -0.39 is 0 Å². The van der Waals surface area contributed by atoms with Crippen LogP contribution in [-0.2, 0) is 11.3 Å². The Morgan fingerprint density at radius 3 is 2.78 bits per heavy atom. The molecule has 1 aromatic rings. The second-order valence-corrected chi connectivity index (χ2v) is 4.74. The third-order valence-corrected chi connectivity index (χ3v) is 2.63. The SMILES string of the molecule is CC(C)NCCC(=O)N(C)Cc1cccc(F)c1. The van der Waals surface area contributed by atoms with Gasteiger partial charge < -0.3 is 10.2 Å². The van der Waals surface area contributed by atoms with Gasteiger partial charge in [-0.25, -0.2) is 4.39 Å². The Hall–Kier alpha value is -1.42. The zero-order valence-corrected chi connectivity index (χ0v) is 11.2. The van der Waals surface area contributed by atoms with Crippen LogP contribution < -0.4 is 5.32 Å². The summed E-state index contributed by atoms with van der Waals surface area (Å²) in [6.07, 6.45) is 0.462. The van der Waals surface area contributed by atoms with Crippen molar-refractivity contribution in [3.63, 3.8) is 0 Å². The molecule has 0 aliphatic rings. The molecule has 0 aliphatic carbocycles. The van der Waals surface area contributed by atoms with Gasteiger partial charge in [0, 0.05) is 32.6 Å². The number of carbonyl (C=O) groups is 1. The predicted octanol–water partition coefficient (Wildman–Crippen LogP) is 2.17. The van der Waals surface area contributed by atoms with Crippen LogP contribution in [0.2, 0.25) is 0 Å². The lowest BCUT2D eigenvalue weighted by Gasteiger charge is -2.18. The fourth-order valence-electron chi connectivity index (χ4n) is 1.66. The van der Waals surface area contributed by atoms with E-state index >= 15 is 0 Å². The van der Waals surface area contributed by atoms with E-state index in [9.17, 15) is 9.18 Å². The van der Waals surface area contributed by atoms with Gasteiger partial charge in [0.1, 0.15) is 5.82 Å². The van der Waals surface area contributed by atoms with Crippen LogP contribution in [0.5, 0.6) is 0 Å². The first kappa shape index (κ1) is 14.6. The summed E-state index contributed by atoms with van der Waals surface area (Å²) >= 11 is 0. The highest BCUT2D eigenvalue weighted by molar-refractivity contribution is 5.76. The summed E-state index contributed by atoms with van der Waals surface area (Å²) in [5.41, 5.74) is 0.808. The molecule has 18 heavy (non-hydrogen) atoms. The topological polar surface area (TPSA) is 32.3 Å². The van der Waals surface area contributed by atoms with Gasteiger partial charge in [-0.1, -0.05) is 26.0 Å². The number of nitrogens with zero attached hydrogens (tertiary/aromatic N) is 1. The molecule has 100 valence electrons. The number of carbonyl (C=O) groups excluding carboxylic acids is 1. The summed E-state index contributed by atoms with van der Waals surface area (Å²) in [6, 6.07) is 6.71. The summed E-state index contributed by atoms with van der Waals surface area (Å²) in [7, 11) is 1.74. The molecule has 4 heteroatoms. The molecule has 0 heterocycles. The van der Waals surface area contributed by atoms with Crippen molar-refractivity contribution in [3.05, 3.63) is 35.6 Å². The molecule has 0 saturated heterocycles. The minimum absolute atomic E-state index is 0.0624. The van der Waals surface area contributed by atoms with E-state index in [-0.39, 0.29) is 11.7 Å². The van der Waals surface area contributed by atoms with Gasteiger partial charge in [-0.05, 0) is 17.7 Å². The molecule has 0 spiro atoms. The highest BCUT2D eigenvalue weighted by atomic mass is 19.1. The quantitative estimate of drug-likeness (QED) is 0.841. The zero-order valence-electron chi connectivity index (χ0n) is 11.2. The highest BCUT2D eigenvalue weighted by Gasteiger charge is 2.09. The van der Waals surface area contributed by atoms with Gasteiger partial charge in [0.2, 0.25) is 5.91 Å². The highest BCUT2D eigenvalue weighted by Crippen LogP contribution is 2.06. The molecule has 0 aromatic heterocycles. The number of amides is 1. The van der Waals surface area contributed by atoms with Crippen molar-refractivity contribution in [2.24, 2.45) is 0 Å². The van der Waals surface area contributed by atoms with Crippen LogP contribution in [0.15, 0.2) is 24.3 Å². The van der Waals surface area contributed by atoms with E-state index in [1.807, 2.05) is 19.9 Å². The second-order valence-electron chi connectivity index (χ2n) is 4.74. The van der Waals surface area contributed by atoms with Gasteiger partial charge in [-0.15, -0.1) is 0 Å². The molecule has 0 radical (unpaired) electrons. The Morgan fingerprint density at radius 1 is 1.44 bits per heavy atom. The minimum Gasteiger partial charge on any atom is -0.341 e. The van der Waals surface area contributed by atoms with E-state index in [4.69, 9.17) is 0 Å². The number of halogens is 1. The summed E-state index contributed by atoms with van der Waals surface area (Å²) in [5.74, 6) is -0.206. The first-order chi connectivity index (χ1) is 8.49. The maximum absolute atomic E-state index is 13.0. The van der Waals surface area contributed by atoms with Gasteiger partial charge in [-0.3, -0.25) is 4.79 Å². The summed E-state index contributed by atoms with van der Waals surface area (Å²) < 4.78 is 13.0. The Morgan fingerprint density at radius 2 is 2.17 bits per heavy atom. The van der Waals surface area contributed by atoms with E-state index in [1.165, 1.54) is 12.1 Å². The minimum atomic E-state index is -0.269. The monoisotopic (exact) mass is 252 g/mol. The molecule has 0 fully saturated rings. The summed E-state index contributed by atoms with van der Waals surface area (Å²) in [5, 5.41) is 3.20. The Bertz CT molecular complexity index is 393. The lowest BCUT2D eigenvalue weighted by atomic mass is 10.2. The van der Waals surface area contributed by atoms with Gasteiger partial charge in [0.15, 0.2) is 0 Å². The van der Waals surface area contributed by atoms with E-state index in [0.717, 1.165) is 5.56 Å². The molecule has 3 nitrogen and oxygen atoms in total. The number of hydrogen-bond acceptors (Lipinski definition) is 2. The van der Waals surface area contributed by atoms with E-state index in [1.54, 1.807) is 18.0 Å². The Labute approximate surface area is 108 Å². The lowest BCUT2D eigenvalue weighted by Crippen LogP contribution is -2.31. The number of nitrogens with one attached hydrogen (secondary N) is 1. The normalized spacial score (nSPS) is 10.7. The third kappa shape index (κ3) is 5.27. The van der Waals surface area contributed by atoms with Crippen LogP contribution in [0.25, 0.3) is 0 Å². The van der Waals surface area contributed by atoms with Gasteiger partial charge >= 0.3 is 0 Å². The molecule has 0 atom stereocenters.